The van der Waals surface area contributed by atoms with Gasteiger partial charge >= 0.3 is 0 Å². The molecular weight excluding hydrogens is 186 g/mol. The third-order valence-electron chi connectivity index (χ3n) is 2.28. The molecule has 0 saturated heterocycles. The summed E-state index contributed by atoms with van der Waals surface area (Å²) in [7, 11) is 2.01. The lowest BCUT2D eigenvalue weighted by Crippen LogP contribution is -2.27. The van der Waals surface area contributed by atoms with Crippen molar-refractivity contribution in [3.05, 3.63) is 0 Å². The summed E-state index contributed by atoms with van der Waals surface area (Å²) in [5.74, 6) is 0. The first kappa shape index (κ1) is 17.3. The maximum Gasteiger partial charge on any atom is 0 e. The van der Waals surface area contributed by atoms with Crippen LogP contribution >= 0.6 is 0 Å². The van der Waals surface area contributed by atoms with E-state index in [9.17, 15) is 0 Å². The van der Waals surface area contributed by atoms with Gasteiger partial charge in [0.2, 0.25) is 0 Å². The predicted molar refractivity (Wildman–Crippen MR) is 74.5 cm³/mol. The Morgan fingerprint density at radius 1 is 1.13 bits per heavy atom. The maximum atomic E-state index is 5.47. The molecule has 0 radical (unpaired) electrons. The van der Waals surface area contributed by atoms with E-state index < -0.39 is 0 Å². The summed E-state index contributed by atoms with van der Waals surface area (Å²) in [6, 6.07) is 0. The molecule has 0 aromatic heterocycles. The van der Waals surface area contributed by atoms with E-state index in [-0.39, 0.29) is 2.85 Å². The minimum Gasteiger partial charge on any atom is -0.330 e. The summed E-state index contributed by atoms with van der Waals surface area (Å²) in [6.45, 7) is 11.7. The van der Waals surface area contributed by atoms with Gasteiger partial charge in [0.25, 0.3) is 0 Å². The average molecular weight is 221 g/mol. The maximum absolute atomic E-state index is 5.47. The molecule has 0 aliphatic rings. The number of rotatable bonds is 9. The third-order valence-corrected chi connectivity index (χ3v) is 2.28. The van der Waals surface area contributed by atoms with Crippen LogP contribution in [0.15, 0.2) is 0 Å². The summed E-state index contributed by atoms with van der Waals surface area (Å²) >= 11 is 0. The van der Waals surface area contributed by atoms with Gasteiger partial charge in [-0.2, -0.15) is 0 Å². The molecule has 3 heteroatoms. The second-order valence-corrected chi connectivity index (χ2v) is 3.39. The van der Waals surface area contributed by atoms with E-state index in [4.69, 9.17) is 5.73 Å². The van der Waals surface area contributed by atoms with Crippen molar-refractivity contribution in [1.82, 2.24) is 10.2 Å². The highest BCUT2D eigenvalue weighted by Gasteiger charge is 1.99. The molecule has 0 rings (SSSR count). The van der Waals surface area contributed by atoms with Crippen molar-refractivity contribution < 1.29 is 2.85 Å². The predicted octanol–water partition coefficient (Wildman–Crippen LogP) is 2.17. The molecule has 0 fully saturated rings. The Morgan fingerprint density at radius 3 is 2.20 bits per heavy atom. The minimum absolute atomic E-state index is 0. The Labute approximate surface area is 99.4 Å². The van der Waals surface area contributed by atoms with E-state index in [1.165, 1.54) is 19.4 Å². The van der Waals surface area contributed by atoms with Crippen molar-refractivity contribution in [2.75, 3.05) is 39.8 Å². The van der Waals surface area contributed by atoms with Crippen LogP contribution in [0.5, 0.6) is 0 Å². The highest BCUT2D eigenvalue weighted by molar-refractivity contribution is 4.56. The highest BCUT2D eigenvalue weighted by atomic mass is 15.1. The molecule has 0 heterocycles. The van der Waals surface area contributed by atoms with Crippen LogP contribution in [-0.4, -0.2) is 44.7 Å². The van der Waals surface area contributed by atoms with Gasteiger partial charge in [-0.15, -0.1) is 0 Å². The van der Waals surface area contributed by atoms with Crippen molar-refractivity contribution >= 4 is 0 Å². The van der Waals surface area contributed by atoms with Crippen LogP contribution in [0.2, 0.25) is 0 Å². The molecule has 0 atom stereocenters. The Bertz CT molecular complexity index is 106. The Kier molecular flexibility index (Phi) is 18.8. The number of nitrogens with one attached hydrogen (secondary N) is 1. The van der Waals surface area contributed by atoms with Crippen LogP contribution in [0.1, 0.15) is 42.9 Å². The second-order valence-electron chi connectivity index (χ2n) is 3.39. The minimum atomic E-state index is 0. The summed E-state index contributed by atoms with van der Waals surface area (Å²) in [6.07, 6.45) is 3.69. The van der Waals surface area contributed by atoms with E-state index in [1.54, 1.807) is 0 Å². The molecule has 0 aromatic rings. The summed E-state index contributed by atoms with van der Waals surface area (Å²) in [4.78, 5) is 2.47. The van der Waals surface area contributed by atoms with Crippen molar-refractivity contribution in [3.8, 4) is 0 Å². The van der Waals surface area contributed by atoms with Crippen LogP contribution in [0.3, 0.4) is 0 Å². The summed E-state index contributed by atoms with van der Waals surface area (Å²) < 4.78 is 0. The largest absolute Gasteiger partial charge is 0.330 e. The van der Waals surface area contributed by atoms with Gasteiger partial charge in [0.1, 0.15) is 0 Å². The second kappa shape index (κ2) is 16.3. The first-order valence-corrected chi connectivity index (χ1v) is 6.42. The van der Waals surface area contributed by atoms with Crippen LogP contribution in [0.25, 0.3) is 0 Å². The topological polar surface area (TPSA) is 41.3 Å². The van der Waals surface area contributed by atoms with Crippen LogP contribution < -0.4 is 11.1 Å². The molecule has 0 amide bonds. The monoisotopic (exact) mass is 221 g/mol. The summed E-state index contributed by atoms with van der Waals surface area (Å²) in [5.41, 5.74) is 5.47. The zero-order valence-electron chi connectivity index (χ0n) is 11.2. The van der Waals surface area contributed by atoms with Crippen molar-refractivity contribution in [2.24, 2.45) is 5.73 Å². The van der Waals surface area contributed by atoms with Gasteiger partial charge in [0.05, 0.1) is 0 Å². The fraction of sp³-hybridized carbons (Fsp3) is 1.00. The van der Waals surface area contributed by atoms with Gasteiger partial charge in [0.15, 0.2) is 0 Å². The molecule has 0 unspecified atom stereocenters. The van der Waals surface area contributed by atoms with Gasteiger partial charge in [0, 0.05) is 2.85 Å². The van der Waals surface area contributed by atoms with Gasteiger partial charge in [-0.3, -0.25) is 0 Å². The number of hydrogen-bond acceptors (Lipinski definition) is 3. The van der Waals surface area contributed by atoms with E-state index in [2.05, 4.69) is 17.1 Å². The Morgan fingerprint density at radius 2 is 1.73 bits per heavy atom. The molecule has 0 bridgehead atoms. The zero-order valence-corrected chi connectivity index (χ0v) is 11.2. The number of nitrogens with two attached hydrogens (primary N) is 1. The molecule has 0 aliphatic carbocycles. The normalized spacial score (nSPS) is 10.0. The first-order valence-electron chi connectivity index (χ1n) is 6.42. The molecule has 98 valence electrons. The average Bonchev–Trinajstić information content (AvgIpc) is 2.31. The molecule has 0 aliphatic heterocycles. The van der Waals surface area contributed by atoms with E-state index >= 15 is 0 Å². The van der Waals surface area contributed by atoms with Crippen molar-refractivity contribution in [3.63, 3.8) is 0 Å². The first-order chi connectivity index (χ1) is 7.35. The SMILES string of the molecule is CC.CCN(CCCN)CCCCNC.[HH].[HH]. The standard InChI is InChI=1S/C10H25N3.C2H6.2H2/c1-3-13(10-6-7-11)9-5-4-8-12-2;1-2;;/h12H,3-11H2,1-2H3;1-2H3;2*1H. The fourth-order valence-electron chi connectivity index (χ4n) is 1.38. The summed E-state index contributed by atoms with van der Waals surface area (Å²) in [5, 5.41) is 3.16. The van der Waals surface area contributed by atoms with Crippen LogP contribution in [0, 0.1) is 0 Å². The highest BCUT2D eigenvalue weighted by Crippen LogP contribution is 1.95. The van der Waals surface area contributed by atoms with Gasteiger partial charge in [-0.25, -0.2) is 0 Å². The molecule has 0 aromatic carbocycles. The molecular formula is C12H35N3. The van der Waals surface area contributed by atoms with Crippen molar-refractivity contribution in [1.29, 1.82) is 0 Å². The number of nitrogens with zero attached hydrogens (tertiary/aromatic N) is 1. The zero-order chi connectivity index (χ0) is 11.9. The number of unbranched alkanes of at least 4 members (excludes halogenated alkanes) is 1. The van der Waals surface area contributed by atoms with E-state index in [0.29, 0.717) is 0 Å². The van der Waals surface area contributed by atoms with Crippen LogP contribution in [0.4, 0.5) is 0 Å². The van der Waals surface area contributed by atoms with Crippen LogP contribution in [-0.2, 0) is 0 Å². The quantitative estimate of drug-likeness (QED) is 0.586. The van der Waals surface area contributed by atoms with Crippen molar-refractivity contribution in [2.45, 2.75) is 40.0 Å². The third kappa shape index (κ3) is 13.9. The van der Waals surface area contributed by atoms with E-state index in [1.807, 2.05) is 20.9 Å². The molecule has 0 spiro atoms. The Hall–Kier alpha value is -0.120. The molecule has 3 nitrogen and oxygen atoms in total. The molecule has 0 saturated carbocycles. The lowest BCUT2D eigenvalue weighted by molar-refractivity contribution is 0.280. The van der Waals surface area contributed by atoms with Gasteiger partial charge in [-0.1, -0.05) is 20.8 Å². The van der Waals surface area contributed by atoms with E-state index in [0.717, 1.165) is 32.6 Å². The lowest BCUT2D eigenvalue weighted by Gasteiger charge is -2.19. The smallest absolute Gasteiger partial charge is 0 e. The lowest BCUT2D eigenvalue weighted by atomic mass is 10.2. The Balaban J connectivity index is -0.000000199. The molecule has 3 N–H and O–H groups in total. The molecule has 15 heavy (non-hydrogen) atoms. The van der Waals surface area contributed by atoms with Gasteiger partial charge < -0.3 is 16.0 Å². The van der Waals surface area contributed by atoms with Gasteiger partial charge in [-0.05, 0) is 59.0 Å². The number of hydrogen-bond donors (Lipinski definition) is 2. The fourth-order valence-corrected chi connectivity index (χ4v) is 1.38.